The predicted molar refractivity (Wildman–Crippen MR) is 56.1 cm³/mol. The molecule has 0 nitrogen and oxygen atoms in total. The molecule has 0 N–H and O–H groups in total. The van der Waals surface area contributed by atoms with Crippen LogP contribution in [0.25, 0.3) is 0 Å². The molecular weight excluding hydrogens is 152 g/mol. The van der Waals surface area contributed by atoms with Gasteiger partial charge < -0.3 is 0 Å². The Balaban J connectivity index is 2.85. The van der Waals surface area contributed by atoms with Gasteiger partial charge in [0.1, 0.15) is 0 Å². The maximum atomic E-state index is 4.15. The molecule has 0 aromatic rings. The summed E-state index contributed by atoms with van der Waals surface area (Å²) in [4.78, 5) is 1.03. The second-order valence-electron chi connectivity index (χ2n) is 3.08. The van der Waals surface area contributed by atoms with Crippen LogP contribution in [-0.4, -0.2) is 0 Å². The van der Waals surface area contributed by atoms with Crippen molar-refractivity contribution < 1.29 is 0 Å². The maximum Gasteiger partial charge on any atom is -0.0227 e. The highest BCUT2D eigenvalue weighted by Crippen LogP contribution is 2.11. The third-order valence-electron chi connectivity index (χ3n) is 1.82. The molecular formula is C10H20S. The van der Waals surface area contributed by atoms with E-state index in [1.807, 2.05) is 0 Å². The van der Waals surface area contributed by atoms with Crippen molar-refractivity contribution in [1.82, 2.24) is 0 Å². The Morgan fingerprint density at radius 1 is 1.09 bits per heavy atom. The minimum atomic E-state index is 1.03. The fourth-order valence-electron chi connectivity index (χ4n) is 1.11. The molecule has 0 unspecified atom stereocenters. The van der Waals surface area contributed by atoms with Crippen molar-refractivity contribution in [1.29, 1.82) is 0 Å². The van der Waals surface area contributed by atoms with Gasteiger partial charge in [0.15, 0.2) is 0 Å². The molecule has 1 heteroatoms. The summed E-state index contributed by atoms with van der Waals surface area (Å²) in [5.74, 6) is 0. The molecule has 0 saturated carbocycles. The Bertz CT molecular complexity index is 97.0. The molecule has 66 valence electrons. The quantitative estimate of drug-likeness (QED) is 0.432. The summed E-state index contributed by atoms with van der Waals surface area (Å²) >= 11 is 4.15. The van der Waals surface area contributed by atoms with Gasteiger partial charge in [-0.05, 0) is 17.7 Å². The number of hydrogen-bond acceptors (Lipinski definition) is 1. The van der Waals surface area contributed by atoms with Gasteiger partial charge in [-0.25, -0.2) is 0 Å². The van der Waals surface area contributed by atoms with Crippen molar-refractivity contribution in [2.45, 2.75) is 51.9 Å². The van der Waals surface area contributed by atoms with Crippen LogP contribution in [-0.2, 0) is 0 Å². The van der Waals surface area contributed by atoms with Crippen LogP contribution in [0.3, 0.4) is 0 Å². The van der Waals surface area contributed by atoms with E-state index >= 15 is 0 Å². The van der Waals surface area contributed by atoms with Crippen molar-refractivity contribution in [3.8, 4) is 0 Å². The van der Waals surface area contributed by atoms with Gasteiger partial charge >= 0.3 is 0 Å². The second kappa shape index (κ2) is 8.19. The molecule has 0 saturated heterocycles. The smallest absolute Gasteiger partial charge is 0.0227 e. The minimum absolute atomic E-state index is 1.03. The van der Waals surface area contributed by atoms with Crippen molar-refractivity contribution in [2.24, 2.45) is 0 Å². The lowest BCUT2D eigenvalue weighted by Crippen LogP contribution is -1.78. The highest BCUT2D eigenvalue weighted by Gasteiger charge is 1.90. The average molecular weight is 172 g/mol. The van der Waals surface area contributed by atoms with Gasteiger partial charge in [-0.3, -0.25) is 0 Å². The van der Waals surface area contributed by atoms with Crippen molar-refractivity contribution in [3.05, 3.63) is 11.5 Å². The van der Waals surface area contributed by atoms with Crippen LogP contribution < -0.4 is 0 Å². The molecule has 0 amide bonds. The molecule has 0 rings (SSSR count). The number of thiol groups is 1. The lowest BCUT2D eigenvalue weighted by Gasteiger charge is -1.99. The molecule has 0 atom stereocenters. The lowest BCUT2D eigenvalue weighted by atomic mass is 10.1. The van der Waals surface area contributed by atoms with Crippen molar-refractivity contribution >= 4 is 12.6 Å². The summed E-state index contributed by atoms with van der Waals surface area (Å²) in [6.07, 6.45) is 9.21. The third-order valence-corrected chi connectivity index (χ3v) is 2.04. The van der Waals surface area contributed by atoms with E-state index in [1.54, 1.807) is 0 Å². The number of hydrogen-bond donors (Lipinski definition) is 1. The number of rotatable bonds is 7. The normalized spacial score (nSPS) is 10.0. The number of unbranched alkanes of at least 4 members (excludes halogenated alkanes) is 5. The fourth-order valence-corrected chi connectivity index (χ4v) is 1.27. The standard InChI is InChI=1S/C10H20S/c1-3-4-5-6-7-8-9-10(2)11/h11H,2-9H2,1H3. The van der Waals surface area contributed by atoms with Gasteiger partial charge in [-0.1, -0.05) is 45.6 Å². The van der Waals surface area contributed by atoms with Crippen LogP contribution in [0.5, 0.6) is 0 Å². The fraction of sp³-hybridized carbons (Fsp3) is 0.800. The zero-order chi connectivity index (χ0) is 8.53. The molecule has 0 aromatic heterocycles. The molecule has 0 aliphatic heterocycles. The van der Waals surface area contributed by atoms with Crippen LogP contribution in [0.4, 0.5) is 0 Å². The van der Waals surface area contributed by atoms with Crippen LogP contribution >= 0.6 is 12.6 Å². The Morgan fingerprint density at radius 3 is 2.18 bits per heavy atom. The topological polar surface area (TPSA) is 0 Å². The first-order valence-electron chi connectivity index (χ1n) is 4.64. The molecule has 0 aliphatic rings. The van der Waals surface area contributed by atoms with Crippen LogP contribution in [0.15, 0.2) is 11.5 Å². The van der Waals surface area contributed by atoms with Gasteiger partial charge in [0.2, 0.25) is 0 Å². The lowest BCUT2D eigenvalue weighted by molar-refractivity contribution is 0.610. The molecule has 0 bridgehead atoms. The Morgan fingerprint density at radius 2 is 1.64 bits per heavy atom. The first-order chi connectivity index (χ1) is 5.27. The summed E-state index contributed by atoms with van der Waals surface area (Å²) < 4.78 is 0. The molecule has 0 aliphatic carbocycles. The molecule has 0 aromatic carbocycles. The Hall–Kier alpha value is 0.0900. The van der Waals surface area contributed by atoms with E-state index < -0.39 is 0 Å². The molecule has 0 fully saturated rings. The number of allylic oxidation sites excluding steroid dienone is 1. The van der Waals surface area contributed by atoms with Crippen molar-refractivity contribution in [2.75, 3.05) is 0 Å². The summed E-state index contributed by atoms with van der Waals surface area (Å²) in [7, 11) is 0. The largest absolute Gasteiger partial charge is 0.149 e. The predicted octanol–water partition coefficient (Wildman–Crippen LogP) is 4.18. The van der Waals surface area contributed by atoms with E-state index in [0.29, 0.717) is 0 Å². The summed E-state index contributed by atoms with van der Waals surface area (Å²) in [5, 5.41) is 0. The van der Waals surface area contributed by atoms with Crippen LogP contribution in [0.1, 0.15) is 51.9 Å². The van der Waals surface area contributed by atoms with Gasteiger partial charge in [0, 0.05) is 0 Å². The van der Waals surface area contributed by atoms with E-state index in [4.69, 9.17) is 0 Å². The van der Waals surface area contributed by atoms with Crippen LogP contribution in [0.2, 0.25) is 0 Å². The van der Waals surface area contributed by atoms with Crippen molar-refractivity contribution in [3.63, 3.8) is 0 Å². The Kier molecular flexibility index (Phi) is 8.26. The monoisotopic (exact) mass is 172 g/mol. The van der Waals surface area contributed by atoms with Crippen LogP contribution in [0, 0.1) is 0 Å². The summed E-state index contributed by atoms with van der Waals surface area (Å²) in [6.45, 7) is 6.00. The van der Waals surface area contributed by atoms with Gasteiger partial charge in [-0.15, -0.1) is 12.6 Å². The molecule has 0 radical (unpaired) electrons. The minimum Gasteiger partial charge on any atom is -0.149 e. The zero-order valence-corrected chi connectivity index (χ0v) is 8.50. The van der Waals surface area contributed by atoms with Gasteiger partial charge in [0.25, 0.3) is 0 Å². The maximum absolute atomic E-state index is 4.15. The van der Waals surface area contributed by atoms with E-state index in [0.717, 1.165) is 11.3 Å². The summed E-state index contributed by atoms with van der Waals surface area (Å²) in [5.41, 5.74) is 0. The van der Waals surface area contributed by atoms with E-state index in [-0.39, 0.29) is 0 Å². The third kappa shape index (κ3) is 10.1. The zero-order valence-electron chi connectivity index (χ0n) is 7.60. The molecule has 0 heterocycles. The molecule has 0 spiro atoms. The first kappa shape index (κ1) is 11.1. The van der Waals surface area contributed by atoms with E-state index in [2.05, 4.69) is 26.1 Å². The second-order valence-corrected chi connectivity index (χ2v) is 3.72. The highest BCUT2D eigenvalue weighted by atomic mass is 32.1. The first-order valence-corrected chi connectivity index (χ1v) is 5.09. The van der Waals surface area contributed by atoms with Gasteiger partial charge in [0.05, 0.1) is 0 Å². The van der Waals surface area contributed by atoms with E-state index in [9.17, 15) is 0 Å². The molecule has 11 heavy (non-hydrogen) atoms. The average Bonchev–Trinajstić information content (AvgIpc) is 1.96. The highest BCUT2D eigenvalue weighted by molar-refractivity contribution is 7.84. The SMILES string of the molecule is C=C(S)CCCCCCCC. The van der Waals surface area contributed by atoms with E-state index in [1.165, 1.54) is 38.5 Å². The Labute approximate surface area is 76.5 Å². The summed E-state index contributed by atoms with van der Waals surface area (Å²) in [6, 6.07) is 0. The van der Waals surface area contributed by atoms with Gasteiger partial charge in [-0.2, -0.15) is 0 Å².